The van der Waals surface area contributed by atoms with E-state index in [-0.39, 0.29) is 0 Å². The molecule has 7 rings (SSSR count). The molecule has 0 atom stereocenters. The van der Waals surface area contributed by atoms with Gasteiger partial charge in [0, 0.05) is 40.0 Å². The van der Waals surface area contributed by atoms with Gasteiger partial charge >= 0.3 is 0 Å². The van der Waals surface area contributed by atoms with E-state index in [1.54, 1.807) is 0 Å². The summed E-state index contributed by atoms with van der Waals surface area (Å²) < 4.78 is 0. The van der Waals surface area contributed by atoms with Gasteiger partial charge in [-0.2, -0.15) is 0 Å². The molecule has 41 heavy (non-hydrogen) atoms. The van der Waals surface area contributed by atoms with Crippen LogP contribution in [0.3, 0.4) is 0 Å². The quantitative estimate of drug-likeness (QED) is 0.224. The van der Waals surface area contributed by atoms with Crippen LogP contribution in [0.5, 0.6) is 0 Å². The number of fused-ring (bicyclic) bond motifs is 1. The van der Waals surface area contributed by atoms with Crippen LogP contribution < -0.4 is 0 Å². The molecule has 0 N–H and O–H groups in total. The highest BCUT2D eigenvalue weighted by Crippen LogP contribution is 2.35. The molecule has 0 aliphatic rings. The molecule has 4 heteroatoms. The Bertz CT molecular complexity index is 1920. The van der Waals surface area contributed by atoms with Gasteiger partial charge in [0.15, 0.2) is 17.5 Å². The lowest BCUT2D eigenvalue weighted by atomic mass is 9.94. The summed E-state index contributed by atoms with van der Waals surface area (Å²) in [7, 11) is 0. The fourth-order valence-corrected chi connectivity index (χ4v) is 5.11. The molecule has 0 radical (unpaired) electrons. The van der Waals surface area contributed by atoms with E-state index < -0.39 is 0 Å². The van der Waals surface area contributed by atoms with E-state index in [0.717, 1.165) is 49.7 Å². The third-order valence-corrected chi connectivity index (χ3v) is 7.25. The second kappa shape index (κ2) is 10.6. The molecule has 0 saturated heterocycles. The molecule has 0 fully saturated rings. The molecule has 0 amide bonds. The number of aromatic nitrogens is 4. The first kappa shape index (κ1) is 24.6. The topological polar surface area (TPSA) is 51.6 Å². The van der Waals surface area contributed by atoms with Crippen LogP contribution in [-0.2, 0) is 0 Å². The number of aryl methyl sites for hydroxylation is 1. The Morgan fingerprint density at radius 2 is 0.951 bits per heavy atom. The van der Waals surface area contributed by atoms with E-state index in [2.05, 4.69) is 72.6 Å². The van der Waals surface area contributed by atoms with E-state index in [1.165, 1.54) is 5.56 Å². The van der Waals surface area contributed by atoms with Crippen molar-refractivity contribution in [1.29, 1.82) is 0 Å². The van der Waals surface area contributed by atoms with Crippen LogP contribution in [0.15, 0.2) is 140 Å². The van der Waals surface area contributed by atoms with Gasteiger partial charge in [0.05, 0.1) is 0 Å². The zero-order chi connectivity index (χ0) is 27.6. The molecule has 4 nitrogen and oxygen atoms in total. The largest absolute Gasteiger partial charge is 0.263 e. The molecule has 0 aliphatic heterocycles. The molecule has 0 spiro atoms. The number of rotatable bonds is 5. The summed E-state index contributed by atoms with van der Waals surface area (Å²) in [4.78, 5) is 19.5. The average Bonchev–Trinajstić information content (AvgIpc) is 3.05. The number of nitrogens with zero attached hydrogens (tertiary/aromatic N) is 4. The van der Waals surface area contributed by atoms with Crippen LogP contribution in [0.25, 0.3) is 67.2 Å². The summed E-state index contributed by atoms with van der Waals surface area (Å²) >= 11 is 0. The van der Waals surface area contributed by atoms with Crippen LogP contribution in [0.2, 0.25) is 0 Å². The molecular weight excluding hydrogens is 500 g/mol. The van der Waals surface area contributed by atoms with Gasteiger partial charge in [0.2, 0.25) is 0 Å². The highest BCUT2D eigenvalue weighted by molar-refractivity contribution is 5.97. The van der Waals surface area contributed by atoms with Crippen molar-refractivity contribution < 1.29 is 0 Å². The third kappa shape index (κ3) is 4.99. The fourth-order valence-electron chi connectivity index (χ4n) is 5.11. The van der Waals surface area contributed by atoms with Gasteiger partial charge in [0.25, 0.3) is 0 Å². The Morgan fingerprint density at radius 3 is 1.61 bits per heavy atom. The summed E-state index contributed by atoms with van der Waals surface area (Å²) in [5.41, 5.74) is 8.39. The average molecular weight is 527 g/mol. The summed E-state index contributed by atoms with van der Waals surface area (Å²) in [5.74, 6) is 1.91. The van der Waals surface area contributed by atoms with Crippen LogP contribution >= 0.6 is 0 Å². The highest BCUT2D eigenvalue weighted by atomic mass is 15.0. The lowest BCUT2D eigenvalue weighted by molar-refractivity contribution is 1.07. The van der Waals surface area contributed by atoms with Crippen LogP contribution in [-0.4, -0.2) is 19.9 Å². The zero-order valence-corrected chi connectivity index (χ0v) is 22.6. The van der Waals surface area contributed by atoms with Crippen molar-refractivity contribution in [2.45, 2.75) is 6.92 Å². The Morgan fingerprint density at radius 1 is 0.415 bits per heavy atom. The van der Waals surface area contributed by atoms with Crippen LogP contribution in [0.1, 0.15) is 5.56 Å². The molecule has 2 heterocycles. The molecule has 194 valence electrons. The Labute approximate surface area is 239 Å². The van der Waals surface area contributed by atoms with E-state index in [0.29, 0.717) is 17.5 Å². The van der Waals surface area contributed by atoms with Gasteiger partial charge in [-0.3, -0.25) is 4.98 Å². The van der Waals surface area contributed by atoms with Crippen LogP contribution in [0.4, 0.5) is 0 Å². The monoisotopic (exact) mass is 526 g/mol. The molecule has 0 saturated carbocycles. The SMILES string of the molecule is Cc1ccc(-c2cc(-c3nc(-c4ccccc4)nc(-c4ccccc4)n3)cc(-c3cncc4ccccc34)c2)cc1. The Balaban J connectivity index is 1.48. The number of hydrogen-bond donors (Lipinski definition) is 0. The van der Waals surface area contributed by atoms with Crippen molar-refractivity contribution in [1.82, 2.24) is 19.9 Å². The van der Waals surface area contributed by atoms with Gasteiger partial charge in [-0.1, -0.05) is 115 Å². The standard InChI is InChI=1S/C37H26N4/c1-25-16-18-26(19-17-25)30-20-31(34-24-38-23-29-14-8-9-15-33(29)34)22-32(21-30)37-40-35(27-10-4-2-5-11-27)39-36(41-37)28-12-6-3-7-13-28/h2-24H,1H3. The predicted octanol–water partition coefficient (Wildman–Crippen LogP) is 9.06. The summed E-state index contributed by atoms with van der Waals surface area (Å²) in [5, 5.41) is 2.25. The smallest absolute Gasteiger partial charge is 0.164 e. The molecular formula is C37H26N4. The first-order valence-electron chi connectivity index (χ1n) is 13.6. The minimum Gasteiger partial charge on any atom is -0.263 e. The van der Waals surface area contributed by atoms with Crippen molar-refractivity contribution in [2.24, 2.45) is 0 Å². The first-order valence-corrected chi connectivity index (χ1v) is 13.6. The second-order valence-corrected chi connectivity index (χ2v) is 10.1. The van der Waals surface area contributed by atoms with Crippen molar-refractivity contribution in [3.8, 4) is 56.4 Å². The van der Waals surface area contributed by atoms with Gasteiger partial charge in [-0.15, -0.1) is 0 Å². The molecule has 2 aromatic heterocycles. The summed E-state index contributed by atoms with van der Waals surface area (Å²) in [6.07, 6.45) is 3.85. The van der Waals surface area contributed by atoms with Crippen LogP contribution in [0, 0.1) is 6.92 Å². The first-order chi connectivity index (χ1) is 20.2. The molecule has 5 aromatic carbocycles. The van der Waals surface area contributed by atoms with Gasteiger partial charge in [-0.25, -0.2) is 15.0 Å². The number of pyridine rings is 1. The van der Waals surface area contributed by atoms with Crippen molar-refractivity contribution in [3.05, 3.63) is 145 Å². The van der Waals surface area contributed by atoms with Crippen molar-refractivity contribution >= 4 is 10.8 Å². The second-order valence-electron chi connectivity index (χ2n) is 10.1. The molecule has 7 aromatic rings. The Kier molecular flexibility index (Phi) is 6.34. The predicted molar refractivity (Wildman–Crippen MR) is 167 cm³/mol. The Hall–Kier alpha value is -5.48. The fraction of sp³-hybridized carbons (Fsp3) is 0.0270. The van der Waals surface area contributed by atoms with E-state index >= 15 is 0 Å². The maximum absolute atomic E-state index is 5.01. The van der Waals surface area contributed by atoms with Crippen molar-refractivity contribution in [3.63, 3.8) is 0 Å². The molecule has 0 unspecified atom stereocenters. The minimum absolute atomic E-state index is 0.626. The van der Waals surface area contributed by atoms with Gasteiger partial charge < -0.3 is 0 Å². The maximum Gasteiger partial charge on any atom is 0.164 e. The molecule has 0 bridgehead atoms. The maximum atomic E-state index is 5.01. The third-order valence-electron chi connectivity index (χ3n) is 7.25. The number of benzene rings is 5. The van der Waals surface area contributed by atoms with E-state index in [1.807, 2.05) is 79.1 Å². The number of hydrogen-bond acceptors (Lipinski definition) is 4. The molecule has 0 aliphatic carbocycles. The van der Waals surface area contributed by atoms with Gasteiger partial charge in [-0.05, 0) is 47.2 Å². The normalized spacial score (nSPS) is 11.0. The van der Waals surface area contributed by atoms with E-state index in [4.69, 9.17) is 15.0 Å². The zero-order valence-electron chi connectivity index (χ0n) is 22.6. The van der Waals surface area contributed by atoms with Gasteiger partial charge in [0.1, 0.15) is 0 Å². The van der Waals surface area contributed by atoms with Crippen molar-refractivity contribution in [2.75, 3.05) is 0 Å². The lowest BCUT2D eigenvalue weighted by Gasteiger charge is -2.13. The van der Waals surface area contributed by atoms with E-state index in [9.17, 15) is 0 Å². The summed E-state index contributed by atoms with van der Waals surface area (Å²) in [6.45, 7) is 2.11. The highest BCUT2D eigenvalue weighted by Gasteiger charge is 2.15. The minimum atomic E-state index is 0.626. The summed E-state index contributed by atoms with van der Waals surface area (Å²) in [6, 6.07) is 43.7. The lowest BCUT2D eigenvalue weighted by Crippen LogP contribution is -2.00.